The number of hydrogen-bond acceptors (Lipinski definition) is 6. The fourth-order valence-corrected chi connectivity index (χ4v) is 3.33. The van der Waals surface area contributed by atoms with Gasteiger partial charge < -0.3 is 19.4 Å². The molecule has 0 bridgehead atoms. The zero-order chi connectivity index (χ0) is 20.5. The van der Waals surface area contributed by atoms with Crippen LogP contribution in [0.15, 0.2) is 29.5 Å². The third kappa shape index (κ3) is 4.43. The van der Waals surface area contributed by atoms with Crippen molar-refractivity contribution in [1.82, 2.24) is 19.7 Å². The number of carbonyl (C=O) groups excluding carboxylic acids is 1. The second kappa shape index (κ2) is 7.77. The summed E-state index contributed by atoms with van der Waals surface area (Å²) in [4.78, 5) is 26.8. The van der Waals surface area contributed by atoms with Crippen molar-refractivity contribution in [3.8, 4) is 0 Å². The van der Waals surface area contributed by atoms with Crippen LogP contribution in [0, 0.1) is 5.82 Å². The van der Waals surface area contributed by atoms with Gasteiger partial charge in [0.15, 0.2) is 5.82 Å². The van der Waals surface area contributed by atoms with Crippen LogP contribution >= 0.6 is 0 Å². The van der Waals surface area contributed by atoms with Gasteiger partial charge >= 0.3 is 6.09 Å². The van der Waals surface area contributed by atoms with Gasteiger partial charge in [0.25, 0.3) is 0 Å². The number of piperazine rings is 1. The van der Waals surface area contributed by atoms with Crippen LogP contribution in [0.1, 0.15) is 33.3 Å². The van der Waals surface area contributed by atoms with Crippen molar-refractivity contribution in [2.45, 2.75) is 39.3 Å². The first kappa shape index (κ1) is 20.1. The van der Waals surface area contributed by atoms with E-state index in [9.17, 15) is 9.18 Å². The van der Waals surface area contributed by atoms with Crippen LogP contribution in [0.5, 0.6) is 0 Å². The molecule has 0 radical (unpaired) electrons. The topological polar surface area (TPSA) is 61.3 Å². The summed E-state index contributed by atoms with van der Waals surface area (Å²) < 4.78 is 19.6. The van der Waals surface area contributed by atoms with Crippen molar-refractivity contribution >= 4 is 17.7 Å². The minimum Gasteiger partial charge on any atom is -0.444 e. The van der Waals surface area contributed by atoms with Crippen molar-refractivity contribution in [1.29, 1.82) is 0 Å². The zero-order valence-corrected chi connectivity index (χ0v) is 17.1. The number of likely N-dealkylation sites (N-methyl/N-ethyl adjacent to an activating group) is 1. The van der Waals surface area contributed by atoms with E-state index in [1.54, 1.807) is 17.2 Å². The normalized spacial score (nSPS) is 20.6. The number of carbonyl (C=O) groups is 1. The fraction of sp³-hybridized carbons (Fsp3) is 0.550. The van der Waals surface area contributed by atoms with Gasteiger partial charge in [-0.1, -0.05) is 0 Å². The predicted molar refractivity (Wildman–Crippen MR) is 106 cm³/mol. The minimum atomic E-state index is -0.514. The Morgan fingerprint density at radius 3 is 2.71 bits per heavy atom. The van der Waals surface area contributed by atoms with Crippen molar-refractivity contribution in [2.75, 3.05) is 33.2 Å². The number of rotatable bonds is 1. The molecule has 0 spiro atoms. The number of ether oxygens (including phenoxy) is 1. The molecule has 28 heavy (non-hydrogen) atoms. The number of pyridine rings is 1. The molecule has 1 amide bonds. The lowest BCUT2D eigenvalue weighted by Crippen LogP contribution is -2.59. The molecule has 7 nitrogen and oxygen atoms in total. The third-order valence-electron chi connectivity index (χ3n) is 4.70. The average Bonchev–Trinajstić information content (AvgIpc) is 2.61. The number of aliphatic imine (C=N–C) groups is 1. The molecule has 1 saturated heterocycles. The van der Waals surface area contributed by atoms with Gasteiger partial charge in [0.1, 0.15) is 5.60 Å². The van der Waals surface area contributed by atoms with E-state index in [1.807, 2.05) is 38.8 Å². The Kier molecular flexibility index (Phi) is 5.58. The molecule has 1 fully saturated rings. The average molecular weight is 389 g/mol. The van der Waals surface area contributed by atoms with Gasteiger partial charge in [-0.3, -0.25) is 4.98 Å². The van der Waals surface area contributed by atoms with Crippen LogP contribution in [-0.4, -0.2) is 76.6 Å². The van der Waals surface area contributed by atoms with E-state index in [4.69, 9.17) is 9.73 Å². The Morgan fingerprint density at radius 2 is 2.07 bits per heavy atom. The highest BCUT2D eigenvalue weighted by atomic mass is 19.1. The molecule has 0 unspecified atom stereocenters. The summed E-state index contributed by atoms with van der Waals surface area (Å²) in [6.45, 7) is 10.0. The summed E-state index contributed by atoms with van der Waals surface area (Å²) >= 11 is 0. The first-order valence-corrected chi connectivity index (χ1v) is 9.50. The summed E-state index contributed by atoms with van der Waals surface area (Å²) in [7, 11) is 1.96. The van der Waals surface area contributed by atoms with E-state index in [0.29, 0.717) is 37.4 Å². The molecule has 0 aliphatic carbocycles. The minimum absolute atomic E-state index is 0.0594. The molecule has 0 saturated carbocycles. The first-order valence-electron chi connectivity index (χ1n) is 9.50. The van der Waals surface area contributed by atoms with E-state index in [0.717, 1.165) is 5.96 Å². The quantitative estimate of drug-likeness (QED) is 0.739. The molecule has 2 aliphatic heterocycles. The van der Waals surface area contributed by atoms with Crippen molar-refractivity contribution < 1.29 is 13.9 Å². The Morgan fingerprint density at radius 1 is 1.32 bits per heavy atom. The standard InChI is InChI=1S/C20H28FN5O2/c1-14-13-25(19(27)28-20(2,3)4)10-11-26(14)18-23-17(7-9-24(18)5)15-6-8-22-12-16(15)21/h6-8,12,14H,9-11,13H2,1-5H3/t14-/m0/s1. The zero-order valence-electron chi connectivity index (χ0n) is 17.1. The second-order valence-electron chi connectivity index (χ2n) is 8.21. The van der Waals surface area contributed by atoms with E-state index >= 15 is 0 Å². The Labute approximate surface area is 165 Å². The summed E-state index contributed by atoms with van der Waals surface area (Å²) in [5, 5.41) is 0. The summed E-state index contributed by atoms with van der Waals surface area (Å²) in [6.07, 6.45) is 4.38. The first-order chi connectivity index (χ1) is 13.2. The number of guanidine groups is 1. The molecule has 0 N–H and O–H groups in total. The summed E-state index contributed by atoms with van der Waals surface area (Å²) in [6, 6.07) is 1.70. The van der Waals surface area contributed by atoms with Crippen LogP contribution in [0.3, 0.4) is 0 Å². The van der Waals surface area contributed by atoms with Crippen LogP contribution in [-0.2, 0) is 4.74 Å². The molecule has 8 heteroatoms. The maximum atomic E-state index is 14.1. The molecule has 3 rings (SSSR count). The van der Waals surface area contributed by atoms with Gasteiger partial charge in [-0.2, -0.15) is 0 Å². The van der Waals surface area contributed by atoms with Gasteiger partial charge in [0.05, 0.1) is 11.9 Å². The lowest BCUT2D eigenvalue weighted by atomic mass is 10.1. The highest BCUT2D eigenvalue weighted by Gasteiger charge is 2.33. The van der Waals surface area contributed by atoms with Crippen LogP contribution < -0.4 is 0 Å². The summed E-state index contributed by atoms with van der Waals surface area (Å²) in [5.74, 6) is 0.397. The molecule has 0 aromatic carbocycles. The number of aromatic nitrogens is 1. The van der Waals surface area contributed by atoms with E-state index in [1.165, 1.54) is 6.20 Å². The van der Waals surface area contributed by atoms with Gasteiger partial charge in [-0.15, -0.1) is 0 Å². The van der Waals surface area contributed by atoms with Crippen molar-refractivity contribution in [3.63, 3.8) is 0 Å². The maximum absolute atomic E-state index is 14.1. The van der Waals surface area contributed by atoms with Crippen LogP contribution in [0.25, 0.3) is 5.70 Å². The third-order valence-corrected chi connectivity index (χ3v) is 4.70. The van der Waals surface area contributed by atoms with E-state index in [2.05, 4.69) is 16.8 Å². The Balaban J connectivity index is 1.75. The monoisotopic (exact) mass is 389 g/mol. The Bertz CT molecular complexity index is 802. The maximum Gasteiger partial charge on any atom is 0.410 e. The highest BCUT2D eigenvalue weighted by Crippen LogP contribution is 2.24. The molecule has 1 aromatic rings. The highest BCUT2D eigenvalue weighted by molar-refractivity contribution is 5.89. The SMILES string of the molecule is C[C@H]1CN(C(=O)OC(C)(C)C)CCN1C1=NC(c2ccncc2F)=CCN1C. The molecular weight excluding hydrogens is 361 g/mol. The molecule has 2 aliphatic rings. The number of nitrogens with zero attached hydrogens (tertiary/aromatic N) is 5. The van der Waals surface area contributed by atoms with Gasteiger partial charge in [-0.25, -0.2) is 14.2 Å². The van der Waals surface area contributed by atoms with E-state index < -0.39 is 5.60 Å². The van der Waals surface area contributed by atoms with Crippen molar-refractivity contribution in [2.24, 2.45) is 4.99 Å². The fourth-order valence-electron chi connectivity index (χ4n) is 3.33. The van der Waals surface area contributed by atoms with Gasteiger partial charge in [0, 0.05) is 51.0 Å². The van der Waals surface area contributed by atoms with Crippen LogP contribution in [0.4, 0.5) is 9.18 Å². The Hall–Kier alpha value is -2.64. The second-order valence-corrected chi connectivity index (χ2v) is 8.21. The molecule has 1 atom stereocenters. The van der Waals surface area contributed by atoms with Crippen LogP contribution in [0.2, 0.25) is 0 Å². The summed E-state index contributed by atoms with van der Waals surface area (Å²) in [5.41, 5.74) is 0.537. The van der Waals surface area contributed by atoms with E-state index in [-0.39, 0.29) is 18.0 Å². The number of hydrogen-bond donors (Lipinski definition) is 0. The predicted octanol–water partition coefficient (Wildman–Crippen LogP) is 2.80. The number of amides is 1. The van der Waals surface area contributed by atoms with Gasteiger partial charge in [-0.05, 0) is 39.8 Å². The smallest absolute Gasteiger partial charge is 0.410 e. The number of halogens is 1. The molecular formula is C20H28FN5O2. The molecule has 1 aromatic heterocycles. The van der Waals surface area contributed by atoms with Gasteiger partial charge in [0.2, 0.25) is 5.96 Å². The molecule has 3 heterocycles. The lowest BCUT2D eigenvalue weighted by molar-refractivity contribution is 0.0124. The molecule has 152 valence electrons. The lowest BCUT2D eigenvalue weighted by Gasteiger charge is -2.44. The van der Waals surface area contributed by atoms with Crippen molar-refractivity contribution in [3.05, 3.63) is 35.9 Å². The largest absolute Gasteiger partial charge is 0.444 e.